The molecule has 1 aliphatic rings. The number of nitrogens with zero attached hydrogens (tertiary/aromatic N) is 1. The Morgan fingerprint density at radius 2 is 1.52 bits per heavy atom. The minimum absolute atomic E-state index is 0.207. The minimum atomic E-state index is -3.63. The molecule has 2 aromatic rings. The molecular formula is C16H14N2O2S. The molecule has 0 aromatic heterocycles. The van der Waals surface area contributed by atoms with Crippen LogP contribution in [0.3, 0.4) is 0 Å². The molecule has 0 bridgehead atoms. The third kappa shape index (κ3) is 2.04. The van der Waals surface area contributed by atoms with Gasteiger partial charge in [-0.3, -0.25) is 0 Å². The van der Waals surface area contributed by atoms with Crippen molar-refractivity contribution in [2.75, 3.05) is 0 Å². The Hall–Kier alpha value is -2.16. The summed E-state index contributed by atoms with van der Waals surface area (Å²) in [4.78, 5) is 0.207. The van der Waals surface area contributed by atoms with E-state index >= 15 is 0 Å². The second-order valence-electron chi connectivity index (χ2n) is 5.21. The summed E-state index contributed by atoms with van der Waals surface area (Å²) in [6, 6.07) is 19.2. The number of hydrogen-bond acceptors (Lipinski definition) is 4. The molecule has 3 rings (SSSR count). The lowest BCUT2D eigenvalue weighted by Crippen LogP contribution is -2.29. The molecule has 2 N–H and O–H groups in total. The third-order valence-electron chi connectivity index (χ3n) is 3.94. The first-order valence-electron chi connectivity index (χ1n) is 6.56. The van der Waals surface area contributed by atoms with Crippen LogP contribution in [0.4, 0.5) is 0 Å². The number of sulfone groups is 1. The second-order valence-corrected chi connectivity index (χ2v) is 7.28. The molecule has 3 atom stereocenters. The van der Waals surface area contributed by atoms with Crippen molar-refractivity contribution in [3.8, 4) is 6.07 Å². The highest BCUT2D eigenvalue weighted by molar-refractivity contribution is 7.92. The topological polar surface area (TPSA) is 83.9 Å². The zero-order valence-electron chi connectivity index (χ0n) is 11.2. The van der Waals surface area contributed by atoms with E-state index in [-0.39, 0.29) is 4.90 Å². The fraction of sp³-hybridized carbons (Fsp3) is 0.188. The van der Waals surface area contributed by atoms with E-state index in [9.17, 15) is 13.7 Å². The maximum absolute atomic E-state index is 12.7. The van der Waals surface area contributed by atoms with Crippen LogP contribution in [0.5, 0.6) is 0 Å². The normalized spacial score (nSPS) is 27.8. The van der Waals surface area contributed by atoms with Gasteiger partial charge in [0, 0.05) is 5.92 Å². The quantitative estimate of drug-likeness (QED) is 0.937. The lowest BCUT2D eigenvalue weighted by Gasteiger charge is -2.04. The lowest BCUT2D eigenvalue weighted by molar-refractivity contribution is 0.592. The van der Waals surface area contributed by atoms with E-state index in [2.05, 4.69) is 0 Å². The van der Waals surface area contributed by atoms with Crippen LogP contribution < -0.4 is 5.73 Å². The molecule has 0 aliphatic heterocycles. The van der Waals surface area contributed by atoms with Crippen LogP contribution in [0.2, 0.25) is 0 Å². The van der Waals surface area contributed by atoms with Crippen LogP contribution in [0.1, 0.15) is 11.5 Å². The average molecular weight is 298 g/mol. The number of benzene rings is 2. The Kier molecular flexibility index (Phi) is 3.08. The highest BCUT2D eigenvalue weighted by Crippen LogP contribution is 2.55. The van der Waals surface area contributed by atoms with Gasteiger partial charge in [-0.25, -0.2) is 8.42 Å². The molecule has 2 aromatic carbocycles. The SMILES string of the molecule is N#C[C@@]1(N)[C@@H](c2ccccc2)[C@@H]1S(=O)(=O)c1ccccc1. The van der Waals surface area contributed by atoms with Crippen LogP contribution in [0.25, 0.3) is 0 Å². The fourth-order valence-corrected chi connectivity index (χ4v) is 5.02. The van der Waals surface area contributed by atoms with Gasteiger partial charge in [-0.15, -0.1) is 0 Å². The van der Waals surface area contributed by atoms with E-state index in [1.807, 2.05) is 36.4 Å². The van der Waals surface area contributed by atoms with Crippen molar-refractivity contribution in [2.45, 2.75) is 21.6 Å². The summed E-state index contributed by atoms with van der Waals surface area (Å²) >= 11 is 0. The van der Waals surface area contributed by atoms with Crippen molar-refractivity contribution >= 4 is 9.84 Å². The molecule has 1 aliphatic carbocycles. The van der Waals surface area contributed by atoms with Gasteiger partial charge < -0.3 is 5.73 Å². The Balaban J connectivity index is 2.05. The first-order chi connectivity index (χ1) is 10.0. The Labute approximate surface area is 123 Å². The number of hydrogen-bond donors (Lipinski definition) is 1. The molecule has 0 saturated heterocycles. The molecule has 0 spiro atoms. The monoisotopic (exact) mass is 298 g/mol. The molecular weight excluding hydrogens is 284 g/mol. The number of rotatable bonds is 3. The first-order valence-corrected chi connectivity index (χ1v) is 8.10. The van der Waals surface area contributed by atoms with E-state index in [0.717, 1.165) is 5.56 Å². The lowest BCUT2D eigenvalue weighted by atomic mass is 10.1. The summed E-state index contributed by atoms with van der Waals surface area (Å²) in [5.41, 5.74) is 5.47. The maximum Gasteiger partial charge on any atom is 0.184 e. The van der Waals surface area contributed by atoms with E-state index < -0.39 is 26.5 Å². The largest absolute Gasteiger partial charge is 0.312 e. The number of nitriles is 1. The Morgan fingerprint density at radius 1 is 1.00 bits per heavy atom. The van der Waals surface area contributed by atoms with Crippen molar-refractivity contribution in [2.24, 2.45) is 5.73 Å². The average Bonchev–Trinajstić information content (AvgIpc) is 3.17. The van der Waals surface area contributed by atoms with E-state index in [4.69, 9.17) is 5.73 Å². The summed E-state index contributed by atoms with van der Waals surface area (Å²) in [6.45, 7) is 0. The van der Waals surface area contributed by atoms with Gasteiger partial charge >= 0.3 is 0 Å². The fourth-order valence-electron chi connectivity index (χ4n) is 2.81. The molecule has 0 radical (unpaired) electrons. The third-order valence-corrected chi connectivity index (χ3v) is 6.20. The van der Waals surface area contributed by atoms with Crippen molar-refractivity contribution in [1.82, 2.24) is 0 Å². The van der Waals surface area contributed by atoms with Crippen LogP contribution in [0, 0.1) is 11.3 Å². The van der Waals surface area contributed by atoms with Gasteiger partial charge in [0.05, 0.1) is 11.0 Å². The zero-order valence-corrected chi connectivity index (χ0v) is 12.0. The van der Waals surface area contributed by atoms with Crippen molar-refractivity contribution in [3.63, 3.8) is 0 Å². The van der Waals surface area contributed by atoms with Gasteiger partial charge in [0.1, 0.15) is 10.8 Å². The van der Waals surface area contributed by atoms with Crippen molar-refractivity contribution < 1.29 is 8.42 Å². The Bertz CT molecular complexity index is 797. The van der Waals surface area contributed by atoms with E-state index in [1.54, 1.807) is 18.2 Å². The highest BCUT2D eigenvalue weighted by Gasteiger charge is 2.70. The Morgan fingerprint density at radius 3 is 2.05 bits per heavy atom. The van der Waals surface area contributed by atoms with Crippen LogP contribution in [-0.4, -0.2) is 19.2 Å². The van der Waals surface area contributed by atoms with Crippen LogP contribution in [-0.2, 0) is 9.84 Å². The summed E-state index contributed by atoms with van der Waals surface area (Å²) in [7, 11) is -3.63. The number of nitrogens with two attached hydrogens (primary N) is 1. The smallest absolute Gasteiger partial charge is 0.184 e. The molecule has 5 heteroatoms. The predicted molar refractivity (Wildman–Crippen MR) is 79.1 cm³/mol. The van der Waals surface area contributed by atoms with Gasteiger partial charge in [-0.2, -0.15) is 5.26 Å². The van der Waals surface area contributed by atoms with Crippen LogP contribution in [0.15, 0.2) is 65.6 Å². The van der Waals surface area contributed by atoms with E-state index in [0.29, 0.717) is 0 Å². The molecule has 4 nitrogen and oxygen atoms in total. The van der Waals surface area contributed by atoms with Crippen LogP contribution >= 0.6 is 0 Å². The van der Waals surface area contributed by atoms with Gasteiger partial charge in [-0.1, -0.05) is 48.5 Å². The molecule has 106 valence electrons. The maximum atomic E-state index is 12.7. The standard InChI is InChI=1S/C16H14N2O2S/c17-11-16(18)14(12-7-3-1-4-8-12)15(16)21(19,20)13-9-5-2-6-10-13/h1-10,14-15H,18H2/t14-,15-,16+/m0/s1. The van der Waals surface area contributed by atoms with Crippen molar-refractivity contribution in [3.05, 3.63) is 66.2 Å². The summed E-state index contributed by atoms with van der Waals surface area (Å²) in [5.74, 6) is -0.492. The molecule has 1 saturated carbocycles. The highest BCUT2D eigenvalue weighted by atomic mass is 32.2. The summed E-state index contributed by atoms with van der Waals surface area (Å²) < 4.78 is 25.4. The predicted octanol–water partition coefficient (Wildman–Crippen LogP) is 1.85. The molecule has 0 amide bonds. The van der Waals surface area contributed by atoms with Crippen molar-refractivity contribution in [1.29, 1.82) is 5.26 Å². The molecule has 1 fully saturated rings. The second kappa shape index (κ2) is 4.69. The first kappa shape index (κ1) is 13.8. The van der Waals surface area contributed by atoms with Gasteiger partial charge in [0.25, 0.3) is 0 Å². The molecule has 0 unspecified atom stereocenters. The summed E-state index contributed by atoms with van der Waals surface area (Å²) in [5, 5.41) is 8.44. The van der Waals surface area contributed by atoms with E-state index in [1.165, 1.54) is 12.1 Å². The van der Waals surface area contributed by atoms with Gasteiger partial charge in [0.15, 0.2) is 9.84 Å². The summed E-state index contributed by atoms with van der Waals surface area (Å²) in [6.07, 6.45) is 0. The molecule has 0 heterocycles. The van der Waals surface area contributed by atoms with Gasteiger partial charge in [-0.05, 0) is 17.7 Å². The zero-order chi connectivity index (χ0) is 15.1. The van der Waals surface area contributed by atoms with Gasteiger partial charge in [0.2, 0.25) is 0 Å². The molecule has 21 heavy (non-hydrogen) atoms. The minimum Gasteiger partial charge on any atom is -0.312 e.